The van der Waals surface area contributed by atoms with Crippen LogP contribution in [0.2, 0.25) is 0 Å². The molecule has 0 unspecified atom stereocenters. The van der Waals surface area contributed by atoms with E-state index in [-0.39, 0.29) is 30.1 Å². The third-order valence-electron chi connectivity index (χ3n) is 5.64. The van der Waals surface area contributed by atoms with E-state index in [1.807, 2.05) is 25.1 Å². The molecule has 1 aromatic carbocycles. The van der Waals surface area contributed by atoms with E-state index >= 15 is 0 Å². The summed E-state index contributed by atoms with van der Waals surface area (Å²) in [5, 5.41) is 9.38. The second-order valence-electron chi connectivity index (χ2n) is 7.55. The zero-order valence-corrected chi connectivity index (χ0v) is 18.1. The highest BCUT2D eigenvalue weighted by atomic mass is 16.7. The molecular weight excluding hydrogens is 402 g/mol. The van der Waals surface area contributed by atoms with Crippen LogP contribution in [0.5, 0.6) is 0 Å². The zero-order chi connectivity index (χ0) is 22.2. The summed E-state index contributed by atoms with van der Waals surface area (Å²) < 4.78 is 22.0. The Morgan fingerprint density at radius 2 is 1.90 bits per heavy atom. The summed E-state index contributed by atoms with van der Waals surface area (Å²) in [6, 6.07) is 7.16. The lowest BCUT2D eigenvalue weighted by Crippen LogP contribution is -2.44. The number of carbonyl (C=O) groups is 2. The summed E-state index contributed by atoms with van der Waals surface area (Å²) in [5.74, 6) is -0.561. The molecule has 8 nitrogen and oxygen atoms in total. The largest absolute Gasteiger partial charge is 0.465 e. The van der Waals surface area contributed by atoms with Crippen LogP contribution in [0.3, 0.4) is 0 Å². The van der Waals surface area contributed by atoms with Crippen molar-refractivity contribution in [3.8, 4) is 0 Å². The lowest BCUT2D eigenvalue weighted by molar-refractivity contribution is -0.171. The zero-order valence-electron chi connectivity index (χ0n) is 18.1. The molecule has 0 aromatic heterocycles. The van der Waals surface area contributed by atoms with Gasteiger partial charge in [0.15, 0.2) is 5.76 Å². The second kappa shape index (κ2) is 11.3. The number of hydrogen-bond acceptors (Lipinski definition) is 7. The number of amides is 1. The maximum atomic E-state index is 13.1. The van der Waals surface area contributed by atoms with Gasteiger partial charge >= 0.3 is 5.97 Å². The van der Waals surface area contributed by atoms with Crippen LogP contribution >= 0.6 is 0 Å². The minimum Gasteiger partial charge on any atom is -0.465 e. The van der Waals surface area contributed by atoms with Gasteiger partial charge in [-0.2, -0.15) is 0 Å². The maximum absolute atomic E-state index is 13.1. The van der Waals surface area contributed by atoms with Gasteiger partial charge in [0.2, 0.25) is 6.29 Å². The minimum atomic E-state index is -0.605. The number of hydrogen-bond donors (Lipinski definition) is 1. The Morgan fingerprint density at radius 3 is 2.52 bits per heavy atom. The number of allylic oxidation sites excluding steroid dienone is 1. The lowest BCUT2D eigenvalue weighted by Gasteiger charge is -2.38. The molecule has 1 amide bonds. The molecule has 1 aromatic rings. The molecule has 31 heavy (non-hydrogen) atoms. The van der Waals surface area contributed by atoms with Crippen LogP contribution < -0.4 is 0 Å². The first-order valence-electron chi connectivity index (χ1n) is 10.7. The third-order valence-corrected chi connectivity index (χ3v) is 5.64. The highest BCUT2D eigenvalue weighted by molar-refractivity contribution is 5.92. The molecule has 1 saturated heterocycles. The van der Waals surface area contributed by atoms with Gasteiger partial charge in [0.25, 0.3) is 5.91 Å². The van der Waals surface area contributed by atoms with Gasteiger partial charge in [0.05, 0.1) is 25.9 Å². The highest BCUT2D eigenvalue weighted by Crippen LogP contribution is 2.39. The first kappa shape index (κ1) is 23.2. The van der Waals surface area contributed by atoms with Crippen molar-refractivity contribution in [3.63, 3.8) is 0 Å². The number of aliphatic hydroxyl groups excluding tert-OH is 1. The van der Waals surface area contributed by atoms with Crippen LogP contribution in [0.25, 0.3) is 0 Å². The first-order valence-corrected chi connectivity index (χ1v) is 10.7. The highest BCUT2D eigenvalue weighted by Gasteiger charge is 2.39. The number of morpholine rings is 1. The lowest BCUT2D eigenvalue weighted by atomic mass is 9.80. The Bertz CT molecular complexity index is 771. The van der Waals surface area contributed by atoms with Crippen LogP contribution in [0, 0.1) is 5.92 Å². The number of esters is 1. The fourth-order valence-corrected chi connectivity index (χ4v) is 4.02. The van der Waals surface area contributed by atoms with Crippen molar-refractivity contribution in [3.05, 3.63) is 47.2 Å². The summed E-state index contributed by atoms with van der Waals surface area (Å²) >= 11 is 0. The number of methoxy groups -OCH3 is 1. The van der Waals surface area contributed by atoms with Gasteiger partial charge in [-0.3, -0.25) is 4.79 Å². The van der Waals surface area contributed by atoms with Gasteiger partial charge in [-0.15, -0.1) is 0 Å². The van der Waals surface area contributed by atoms with E-state index in [1.165, 1.54) is 7.11 Å². The average Bonchev–Trinajstić information content (AvgIpc) is 2.82. The normalized spacial score (nSPS) is 23.6. The number of nitrogens with zero attached hydrogens (tertiary/aromatic N) is 1. The van der Waals surface area contributed by atoms with Crippen molar-refractivity contribution in [1.82, 2.24) is 4.90 Å². The number of rotatable bonds is 8. The molecule has 2 heterocycles. The molecule has 170 valence electrons. The van der Waals surface area contributed by atoms with Crippen LogP contribution in [0.4, 0.5) is 0 Å². The molecule has 0 saturated carbocycles. The molecule has 0 bridgehead atoms. The molecule has 0 aliphatic carbocycles. The predicted molar refractivity (Wildman–Crippen MR) is 112 cm³/mol. The molecule has 2 aliphatic rings. The molecule has 2 aliphatic heterocycles. The standard InChI is InChI=1S/C23H31NO7/c1-3-30-23-18(5-4-12-25)19(16-6-8-17(9-7-16)22(27)28-2)15-20(31-23)21(26)24-10-13-29-14-11-24/h6-9,15,18-19,23,25H,3-5,10-14H2,1-2H3/t18-,19-,23-/m1/s1. The monoisotopic (exact) mass is 433 g/mol. The van der Waals surface area contributed by atoms with Crippen molar-refractivity contribution in [2.45, 2.75) is 32.0 Å². The second-order valence-corrected chi connectivity index (χ2v) is 7.55. The van der Waals surface area contributed by atoms with Gasteiger partial charge < -0.3 is 29.0 Å². The summed E-state index contributed by atoms with van der Waals surface area (Å²) in [7, 11) is 1.35. The first-order chi connectivity index (χ1) is 15.1. The van der Waals surface area contributed by atoms with Gasteiger partial charge in [-0.25, -0.2) is 4.79 Å². The van der Waals surface area contributed by atoms with E-state index in [0.717, 1.165) is 5.56 Å². The van der Waals surface area contributed by atoms with Crippen molar-refractivity contribution in [2.24, 2.45) is 5.92 Å². The smallest absolute Gasteiger partial charge is 0.337 e. The quantitative estimate of drug-likeness (QED) is 0.627. The summed E-state index contributed by atoms with van der Waals surface area (Å²) in [5.41, 5.74) is 1.40. The van der Waals surface area contributed by atoms with Crippen molar-refractivity contribution >= 4 is 11.9 Å². The Morgan fingerprint density at radius 1 is 1.19 bits per heavy atom. The molecule has 3 atom stereocenters. The van der Waals surface area contributed by atoms with E-state index in [4.69, 9.17) is 18.9 Å². The Balaban J connectivity index is 1.93. The molecule has 0 radical (unpaired) electrons. The minimum absolute atomic E-state index is 0.0621. The van der Waals surface area contributed by atoms with Crippen molar-refractivity contribution in [1.29, 1.82) is 0 Å². The fourth-order valence-electron chi connectivity index (χ4n) is 4.02. The molecular formula is C23H31NO7. The molecule has 0 spiro atoms. The number of aliphatic hydroxyl groups is 1. The van der Waals surface area contributed by atoms with Crippen LogP contribution in [-0.2, 0) is 23.7 Å². The SMILES string of the molecule is CCO[C@@H]1OC(C(=O)N2CCOCC2)=C[C@H](c2ccc(C(=O)OC)cc2)[C@H]1CCCO. The molecule has 1 fully saturated rings. The topological polar surface area (TPSA) is 94.5 Å². The summed E-state index contributed by atoms with van der Waals surface area (Å²) in [6.45, 7) is 4.43. The fraction of sp³-hybridized carbons (Fsp3) is 0.565. The van der Waals surface area contributed by atoms with Crippen LogP contribution in [0.15, 0.2) is 36.1 Å². The van der Waals surface area contributed by atoms with Crippen LogP contribution in [-0.4, -0.2) is 74.8 Å². The molecule has 1 N–H and O–H groups in total. The van der Waals surface area contributed by atoms with Crippen molar-refractivity contribution in [2.75, 3.05) is 46.6 Å². The van der Waals surface area contributed by atoms with E-state index in [0.29, 0.717) is 51.3 Å². The maximum Gasteiger partial charge on any atom is 0.337 e. The van der Waals surface area contributed by atoms with Crippen molar-refractivity contribution < 1.29 is 33.6 Å². The van der Waals surface area contributed by atoms with Crippen LogP contribution in [0.1, 0.15) is 41.6 Å². The number of ether oxygens (including phenoxy) is 4. The van der Waals surface area contributed by atoms with E-state index in [1.54, 1.807) is 17.0 Å². The predicted octanol–water partition coefficient (Wildman–Crippen LogP) is 2.08. The van der Waals surface area contributed by atoms with Gasteiger partial charge in [-0.1, -0.05) is 12.1 Å². The number of carbonyl (C=O) groups excluding carboxylic acids is 2. The van der Waals surface area contributed by atoms with Gasteiger partial charge in [0.1, 0.15) is 0 Å². The summed E-state index contributed by atoms with van der Waals surface area (Å²) in [6.07, 6.45) is 2.50. The van der Waals surface area contributed by atoms with E-state index in [9.17, 15) is 14.7 Å². The Labute approximate surface area is 182 Å². The third kappa shape index (κ3) is 5.64. The van der Waals surface area contributed by atoms with Gasteiger partial charge in [-0.05, 0) is 43.5 Å². The Hall–Kier alpha value is -2.42. The molecule has 3 rings (SSSR count). The molecule has 8 heteroatoms. The Kier molecular flexibility index (Phi) is 8.45. The average molecular weight is 434 g/mol. The van der Waals surface area contributed by atoms with E-state index in [2.05, 4.69) is 0 Å². The summed E-state index contributed by atoms with van der Waals surface area (Å²) in [4.78, 5) is 26.6. The number of benzene rings is 1. The van der Waals surface area contributed by atoms with E-state index < -0.39 is 12.3 Å². The van der Waals surface area contributed by atoms with Gasteiger partial charge in [0, 0.05) is 38.1 Å².